The minimum Gasteiger partial charge on any atom is -0.458 e. The molecule has 0 radical (unpaired) electrons. The summed E-state index contributed by atoms with van der Waals surface area (Å²) in [7, 11) is 0. The molecule has 80 valence electrons. The van der Waals surface area contributed by atoms with Crippen LogP contribution in [0.25, 0.3) is 11.0 Å². The van der Waals surface area contributed by atoms with E-state index >= 15 is 0 Å². The summed E-state index contributed by atoms with van der Waals surface area (Å²) in [6, 6.07) is 9.45. The molecule has 2 aromatic heterocycles. The van der Waals surface area contributed by atoms with Gasteiger partial charge in [-0.05, 0) is 23.7 Å². The van der Waals surface area contributed by atoms with Crippen LogP contribution in [-0.2, 0) is 0 Å². The molecule has 0 aliphatic carbocycles. The number of hydrogen-bond acceptors (Lipinski definition) is 5. The lowest BCUT2D eigenvalue weighted by Crippen LogP contribution is -1.97. The minimum absolute atomic E-state index is 0.494. The predicted molar refractivity (Wildman–Crippen MR) is 60.2 cm³/mol. The summed E-state index contributed by atoms with van der Waals surface area (Å²) in [4.78, 5) is 0. The zero-order valence-electron chi connectivity index (χ0n) is 8.20. The number of aliphatic hydroxyl groups is 1. The fourth-order valence-electron chi connectivity index (χ4n) is 1.57. The van der Waals surface area contributed by atoms with Crippen molar-refractivity contribution in [2.45, 2.75) is 6.10 Å². The third kappa shape index (κ3) is 1.50. The first-order chi connectivity index (χ1) is 7.84. The molecule has 16 heavy (non-hydrogen) atoms. The summed E-state index contributed by atoms with van der Waals surface area (Å²) < 4.78 is 9.25. The van der Waals surface area contributed by atoms with Gasteiger partial charge in [-0.2, -0.15) is 0 Å². The lowest BCUT2D eigenvalue weighted by molar-refractivity contribution is 0.187. The van der Waals surface area contributed by atoms with Crippen LogP contribution in [-0.4, -0.2) is 14.7 Å². The maximum atomic E-state index is 9.99. The second-order valence-electron chi connectivity index (χ2n) is 3.42. The molecule has 1 N–H and O–H groups in total. The third-order valence-corrected chi connectivity index (χ3v) is 2.89. The molecule has 0 amide bonds. The summed E-state index contributed by atoms with van der Waals surface area (Å²) >= 11 is 1.21. The Balaban J connectivity index is 2.06. The Morgan fingerprint density at radius 1 is 1.31 bits per heavy atom. The van der Waals surface area contributed by atoms with Crippen LogP contribution in [0.1, 0.15) is 17.6 Å². The Morgan fingerprint density at radius 3 is 2.94 bits per heavy atom. The van der Waals surface area contributed by atoms with Crippen molar-refractivity contribution in [3.8, 4) is 0 Å². The Bertz CT molecular complexity index is 570. The van der Waals surface area contributed by atoms with Crippen molar-refractivity contribution in [1.29, 1.82) is 0 Å². The second-order valence-corrected chi connectivity index (χ2v) is 4.03. The topological polar surface area (TPSA) is 59.2 Å². The van der Waals surface area contributed by atoms with Crippen LogP contribution < -0.4 is 0 Å². The van der Waals surface area contributed by atoms with Gasteiger partial charge in [-0.3, -0.25) is 0 Å². The molecule has 2 heterocycles. The van der Waals surface area contributed by atoms with Gasteiger partial charge in [-0.1, -0.05) is 22.7 Å². The summed E-state index contributed by atoms with van der Waals surface area (Å²) in [5.41, 5.74) is 1.28. The van der Waals surface area contributed by atoms with Crippen LogP contribution in [0.3, 0.4) is 0 Å². The van der Waals surface area contributed by atoms with Crippen LogP contribution >= 0.6 is 11.5 Å². The lowest BCUT2D eigenvalue weighted by atomic mass is 10.2. The number of hydrogen-bond donors (Lipinski definition) is 1. The van der Waals surface area contributed by atoms with E-state index in [0.717, 1.165) is 11.0 Å². The molecule has 3 aromatic rings. The molecular formula is C11H8N2O2S. The Kier molecular flexibility index (Phi) is 2.19. The molecule has 5 heteroatoms. The standard InChI is InChI=1S/C11H8N2O2S/c14-11(8-6-16-13-12-8)10-5-7-3-1-2-4-9(7)15-10/h1-6,11,14H. The lowest BCUT2D eigenvalue weighted by Gasteiger charge is -2.01. The highest BCUT2D eigenvalue weighted by Gasteiger charge is 2.17. The average Bonchev–Trinajstić information content (AvgIpc) is 2.97. The van der Waals surface area contributed by atoms with Crippen molar-refractivity contribution < 1.29 is 9.52 Å². The van der Waals surface area contributed by atoms with Gasteiger partial charge >= 0.3 is 0 Å². The molecule has 1 atom stereocenters. The van der Waals surface area contributed by atoms with E-state index in [1.165, 1.54) is 11.5 Å². The SMILES string of the molecule is OC(c1csnn1)c1cc2ccccc2o1. The van der Waals surface area contributed by atoms with E-state index in [1.54, 1.807) is 5.38 Å². The molecule has 0 aliphatic heterocycles. The van der Waals surface area contributed by atoms with Crippen molar-refractivity contribution in [2.75, 3.05) is 0 Å². The van der Waals surface area contributed by atoms with Crippen LogP contribution in [0.4, 0.5) is 0 Å². The van der Waals surface area contributed by atoms with Crippen LogP contribution in [0.15, 0.2) is 40.1 Å². The fourth-order valence-corrected chi connectivity index (χ4v) is 2.05. The Morgan fingerprint density at radius 2 is 2.19 bits per heavy atom. The summed E-state index contributed by atoms with van der Waals surface area (Å²) in [5, 5.41) is 16.5. The maximum absolute atomic E-state index is 9.99. The molecule has 3 rings (SSSR count). The number of para-hydroxylation sites is 1. The van der Waals surface area contributed by atoms with Crippen LogP contribution in [0, 0.1) is 0 Å². The largest absolute Gasteiger partial charge is 0.458 e. The number of aliphatic hydroxyl groups excluding tert-OH is 1. The number of aromatic nitrogens is 2. The van der Waals surface area contributed by atoms with Gasteiger partial charge in [-0.25, -0.2) is 0 Å². The molecule has 0 aliphatic rings. The Hall–Kier alpha value is -1.72. The molecule has 4 nitrogen and oxygen atoms in total. The van der Waals surface area contributed by atoms with E-state index in [1.807, 2.05) is 30.3 Å². The highest BCUT2D eigenvalue weighted by atomic mass is 32.1. The van der Waals surface area contributed by atoms with E-state index in [4.69, 9.17) is 4.42 Å². The molecule has 0 bridgehead atoms. The molecule has 0 saturated carbocycles. The zero-order chi connectivity index (χ0) is 11.0. The summed E-state index contributed by atoms with van der Waals surface area (Å²) in [6.07, 6.45) is -0.842. The van der Waals surface area contributed by atoms with Crippen LogP contribution in [0.2, 0.25) is 0 Å². The van der Waals surface area contributed by atoms with E-state index in [-0.39, 0.29) is 0 Å². The van der Waals surface area contributed by atoms with Gasteiger partial charge in [0.05, 0.1) is 0 Å². The van der Waals surface area contributed by atoms with Crippen molar-refractivity contribution in [3.63, 3.8) is 0 Å². The van der Waals surface area contributed by atoms with Crippen molar-refractivity contribution in [2.24, 2.45) is 0 Å². The average molecular weight is 232 g/mol. The number of fused-ring (bicyclic) bond motifs is 1. The molecule has 0 spiro atoms. The second kappa shape index (κ2) is 3.70. The van der Waals surface area contributed by atoms with Gasteiger partial charge in [0.1, 0.15) is 17.0 Å². The van der Waals surface area contributed by atoms with Crippen molar-refractivity contribution in [3.05, 3.63) is 47.2 Å². The first-order valence-corrected chi connectivity index (χ1v) is 5.62. The summed E-state index contributed by atoms with van der Waals surface area (Å²) in [6.45, 7) is 0. The van der Waals surface area contributed by atoms with Gasteiger partial charge in [-0.15, -0.1) is 5.10 Å². The highest BCUT2D eigenvalue weighted by Crippen LogP contribution is 2.27. The van der Waals surface area contributed by atoms with Crippen molar-refractivity contribution >= 4 is 22.5 Å². The van der Waals surface area contributed by atoms with Gasteiger partial charge < -0.3 is 9.52 Å². The fraction of sp³-hybridized carbons (Fsp3) is 0.0909. The zero-order valence-corrected chi connectivity index (χ0v) is 9.02. The number of furan rings is 1. The third-order valence-electron chi connectivity index (χ3n) is 2.37. The van der Waals surface area contributed by atoms with E-state index in [9.17, 15) is 5.11 Å². The minimum atomic E-state index is -0.842. The first kappa shape index (κ1) is 9.50. The molecule has 1 unspecified atom stereocenters. The maximum Gasteiger partial charge on any atom is 0.156 e. The first-order valence-electron chi connectivity index (χ1n) is 4.78. The number of nitrogens with zero attached hydrogens (tertiary/aromatic N) is 2. The van der Waals surface area contributed by atoms with Crippen molar-refractivity contribution in [1.82, 2.24) is 9.59 Å². The number of rotatable bonds is 2. The molecule has 0 fully saturated rings. The molecule has 1 aromatic carbocycles. The van der Waals surface area contributed by atoms with Crippen LogP contribution in [0.5, 0.6) is 0 Å². The van der Waals surface area contributed by atoms with Gasteiger partial charge in [0.2, 0.25) is 0 Å². The summed E-state index contributed by atoms with van der Waals surface area (Å²) in [5.74, 6) is 0.494. The molecule has 0 saturated heterocycles. The van der Waals surface area contributed by atoms with Gasteiger partial charge in [0, 0.05) is 10.8 Å². The Labute approximate surface area is 95.3 Å². The van der Waals surface area contributed by atoms with E-state index in [0.29, 0.717) is 11.5 Å². The molecular weight excluding hydrogens is 224 g/mol. The van der Waals surface area contributed by atoms with E-state index in [2.05, 4.69) is 9.59 Å². The predicted octanol–water partition coefficient (Wildman–Crippen LogP) is 2.37. The van der Waals surface area contributed by atoms with Gasteiger partial charge in [0.25, 0.3) is 0 Å². The van der Waals surface area contributed by atoms with E-state index < -0.39 is 6.10 Å². The monoisotopic (exact) mass is 232 g/mol. The smallest absolute Gasteiger partial charge is 0.156 e. The highest BCUT2D eigenvalue weighted by molar-refractivity contribution is 7.03. The number of benzene rings is 1. The quantitative estimate of drug-likeness (QED) is 0.736. The normalized spacial score (nSPS) is 13.1. The van der Waals surface area contributed by atoms with Gasteiger partial charge in [0.15, 0.2) is 6.10 Å².